The average Bonchev–Trinajstić information content (AvgIpc) is 3.31. The van der Waals surface area contributed by atoms with Crippen molar-refractivity contribution < 1.29 is 29.1 Å². The molecule has 1 fully saturated rings. The Hall–Kier alpha value is -7.08. The largest absolute Gasteiger partial charge is 0.409 e. The van der Waals surface area contributed by atoms with E-state index in [1.807, 2.05) is 4.90 Å². The lowest BCUT2D eigenvalue weighted by Gasteiger charge is -2.29. The smallest absolute Gasteiger partial charge is 0.258 e. The Balaban J connectivity index is 0.000000282. The molecule has 7 rings (SSSR count). The Morgan fingerprint density at radius 3 is 1.36 bits per heavy atom. The number of hydrogen-bond acceptors (Lipinski definition) is 10. The van der Waals surface area contributed by atoms with Gasteiger partial charge in [-0.05, 0) is 84.9 Å². The number of amidine groups is 2. The molecular formula is C46H44Cl4N10O6. The molecule has 4 aromatic carbocycles. The van der Waals surface area contributed by atoms with E-state index in [4.69, 9.17) is 67.5 Å². The second-order valence-corrected chi connectivity index (χ2v) is 15.3. The van der Waals surface area contributed by atoms with Gasteiger partial charge in [0.25, 0.3) is 23.6 Å². The number of anilines is 4. The molecule has 0 bridgehead atoms. The fraction of sp³-hybridized carbons (Fsp3) is 0.130. The van der Waals surface area contributed by atoms with Crippen molar-refractivity contribution in [2.75, 3.05) is 47.6 Å². The van der Waals surface area contributed by atoms with Crippen LogP contribution in [0.15, 0.2) is 127 Å². The van der Waals surface area contributed by atoms with Crippen LogP contribution in [0.3, 0.4) is 0 Å². The molecular weight excluding hydrogens is 930 g/mol. The number of morpholine rings is 1. The number of hydrogen-bond donors (Lipinski definition) is 7. The molecule has 0 saturated carbocycles. The van der Waals surface area contributed by atoms with E-state index in [0.717, 1.165) is 0 Å². The standard InChI is InChI=1S/C24H21Cl2N5O3.C20H15Cl2N5O3.2CH4/c25-17-5-7-20(19(13-17)24(33)30-21-8-6-18(26)14-28-21)29-23(32)16-3-1-15(2-4-16)22(27)31-9-11-34-12-10-31;21-13-5-7-16(15(9-13)20(29)26-17-8-6-14(22)10-24-17)25-19(28)12-3-1-11(2-4-12)18(23)27-30;;/h1-8,13-14,27H,9-12H2,(H,29,32)(H,28,30,33);1-10,30H,(H2,23,27)(H,25,28)(H,24,26,29);2*1H4. The SMILES string of the molecule is C.C.N=C(c1ccc(C(=O)Nc2ccc(Cl)cc2C(=O)Nc2ccc(Cl)cn2)cc1)N1CCOCC1.NC(=NO)c1ccc(C(=O)Nc2ccc(Cl)cc2C(=O)Nc2ccc(Cl)cn2)cc1. The van der Waals surface area contributed by atoms with Crippen molar-refractivity contribution in [3.8, 4) is 0 Å². The maximum Gasteiger partial charge on any atom is 0.258 e. The lowest BCUT2D eigenvalue weighted by Crippen LogP contribution is -2.40. The highest BCUT2D eigenvalue weighted by atomic mass is 35.5. The number of oxime groups is 1. The number of nitrogens with two attached hydrogens (primary N) is 1. The van der Waals surface area contributed by atoms with E-state index in [0.29, 0.717) is 91.8 Å². The molecule has 6 aromatic rings. The summed E-state index contributed by atoms with van der Waals surface area (Å²) in [4.78, 5) is 61.0. The molecule has 0 spiro atoms. The van der Waals surface area contributed by atoms with Crippen molar-refractivity contribution in [2.45, 2.75) is 14.9 Å². The number of amides is 4. The molecule has 0 unspecified atom stereocenters. The van der Waals surface area contributed by atoms with E-state index >= 15 is 0 Å². The van der Waals surface area contributed by atoms with E-state index in [9.17, 15) is 19.2 Å². The zero-order chi connectivity index (χ0) is 45.8. The summed E-state index contributed by atoms with van der Waals surface area (Å²) in [5, 5.41) is 32.3. The van der Waals surface area contributed by atoms with Gasteiger partial charge in [0.15, 0.2) is 5.84 Å². The Kier molecular flexibility index (Phi) is 19.0. The highest BCUT2D eigenvalue weighted by molar-refractivity contribution is 6.32. The highest BCUT2D eigenvalue weighted by Crippen LogP contribution is 2.25. The first-order valence-corrected chi connectivity index (χ1v) is 20.5. The Morgan fingerprint density at radius 2 is 0.970 bits per heavy atom. The molecule has 3 heterocycles. The van der Waals surface area contributed by atoms with E-state index in [-0.39, 0.29) is 37.5 Å². The Labute approximate surface area is 400 Å². The highest BCUT2D eigenvalue weighted by Gasteiger charge is 2.20. The van der Waals surface area contributed by atoms with Crippen molar-refractivity contribution in [2.24, 2.45) is 10.9 Å². The number of pyridine rings is 2. The van der Waals surface area contributed by atoms with Crippen LogP contribution in [-0.4, -0.2) is 81.7 Å². The average molecular weight is 975 g/mol. The maximum atomic E-state index is 12.9. The maximum absolute atomic E-state index is 12.9. The van der Waals surface area contributed by atoms with Gasteiger partial charge < -0.3 is 41.8 Å². The summed E-state index contributed by atoms with van der Waals surface area (Å²) in [5.41, 5.74) is 8.27. The third-order valence-electron chi connectivity index (χ3n) is 9.19. The first-order valence-electron chi connectivity index (χ1n) is 18.9. The number of rotatable bonds is 10. The van der Waals surface area contributed by atoms with Crippen LogP contribution in [0, 0.1) is 5.41 Å². The van der Waals surface area contributed by atoms with E-state index < -0.39 is 23.6 Å². The van der Waals surface area contributed by atoms with E-state index in [2.05, 4.69) is 36.4 Å². The number of nitrogens with zero attached hydrogens (tertiary/aromatic N) is 4. The summed E-state index contributed by atoms with van der Waals surface area (Å²) >= 11 is 23.8. The third-order valence-corrected chi connectivity index (χ3v) is 10.1. The van der Waals surface area contributed by atoms with Gasteiger partial charge in [0.2, 0.25) is 0 Å². The van der Waals surface area contributed by atoms with Gasteiger partial charge in [0.1, 0.15) is 17.5 Å². The lowest BCUT2D eigenvalue weighted by molar-refractivity contribution is 0.0680. The summed E-state index contributed by atoms with van der Waals surface area (Å²) < 4.78 is 5.33. The number of halogens is 4. The fourth-order valence-corrected chi connectivity index (χ4v) is 6.45. The lowest BCUT2D eigenvalue weighted by atomic mass is 10.1. The predicted octanol–water partition coefficient (Wildman–Crippen LogP) is 9.81. The van der Waals surface area contributed by atoms with Gasteiger partial charge in [-0.3, -0.25) is 24.6 Å². The molecule has 342 valence electrons. The van der Waals surface area contributed by atoms with Crippen LogP contribution in [0.25, 0.3) is 0 Å². The fourth-order valence-electron chi connectivity index (χ4n) is 5.88. The van der Waals surface area contributed by atoms with Crippen LogP contribution < -0.4 is 27.0 Å². The molecule has 20 heteroatoms. The zero-order valence-electron chi connectivity index (χ0n) is 33.2. The van der Waals surface area contributed by atoms with Crippen molar-refractivity contribution in [3.63, 3.8) is 0 Å². The molecule has 1 aliphatic heterocycles. The van der Waals surface area contributed by atoms with E-state index in [1.54, 1.807) is 66.7 Å². The number of nitrogens with one attached hydrogen (secondary N) is 5. The first-order chi connectivity index (χ1) is 30.8. The minimum atomic E-state index is -0.509. The van der Waals surface area contributed by atoms with Crippen LogP contribution in [0.4, 0.5) is 23.0 Å². The second kappa shape index (κ2) is 24.3. The molecule has 2 aromatic heterocycles. The third kappa shape index (κ3) is 14.0. The first kappa shape index (κ1) is 51.6. The number of carbonyl (C=O) groups excluding carboxylic acids is 4. The molecule has 4 amide bonds. The number of carbonyl (C=O) groups is 4. The monoisotopic (exact) mass is 972 g/mol. The molecule has 0 atom stereocenters. The summed E-state index contributed by atoms with van der Waals surface area (Å²) in [7, 11) is 0. The quantitative estimate of drug-likeness (QED) is 0.0297. The topological polar surface area (TPSA) is 237 Å². The van der Waals surface area contributed by atoms with Gasteiger partial charge in [-0.1, -0.05) is 90.7 Å². The summed E-state index contributed by atoms with van der Waals surface area (Å²) in [6.07, 6.45) is 2.82. The molecule has 66 heavy (non-hydrogen) atoms. The minimum absolute atomic E-state index is 0. The zero-order valence-corrected chi connectivity index (χ0v) is 36.3. The molecule has 0 aliphatic carbocycles. The summed E-state index contributed by atoms with van der Waals surface area (Å²) in [6.45, 7) is 2.50. The van der Waals surface area contributed by atoms with Gasteiger partial charge in [-0.15, -0.1) is 0 Å². The van der Waals surface area contributed by atoms with Gasteiger partial charge in [-0.25, -0.2) is 9.97 Å². The van der Waals surface area contributed by atoms with E-state index in [1.165, 1.54) is 54.9 Å². The summed E-state index contributed by atoms with van der Waals surface area (Å²) in [6, 6.07) is 28.3. The number of ether oxygens (including phenoxy) is 1. The number of aromatic nitrogens is 2. The number of benzene rings is 4. The van der Waals surface area contributed by atoms with Gasteiger partial charge in [0, 0.05) is 57.8 Å². The Bertz CT molecular complexity index is 2700. The van der Waals surface area contributed by atoms with Crippen LogP contribution in [0.1, 0.15) is 67.4 Å². The normalized spacial score (nSPS) is 11.9. The molecule has 0 radical (unpaired) electrons. The predicted molar refractivity (Wildman–Crippen MR) is 261 cm³/mol. The van der Waals surface area contributed by atoms with Gasteiger partial charge in [-0.2, -0.15) is 0 Å². The molecule has 1 aliphatic rings. The van der Waals surface area contributed by atoms with Gasteiger partial charge in [0.05, 0.1) is 45.8 Å². The van der Waals surface area contributed by atoms with Crippen molar-refractivity contribution in [1.82, 2.24) is 14.9 Å². The molecule has 16 nitrogen and oxygen atoms in total. The van der Waals surface area contributed by atoms with Crippen LogP contribution in [-0.2, 0) is 4.74 Å². The molecule has 1 saturated heterocycles. The summed E-state index contributed by atoms with van der Waals surface area (Å²) in [5.74, 6) is -0.929. The molecule has 8 N–H and O–H groups in total. The Morgan fingerprint density at radius 1 is 0.576 bits per heavy atom. The van der Waals surface area contributed by atoms with Gasteiger partial charge >= 0.3 is 0 Å². The van der Waals surface area contributed by atoms with Crippen molar-refractivity contribution >= 4 is 105 Å². The second-order valence-electron chi connectivity index (χ2n) is 13.5. The van der Waals surface area contributed by atoms with Crippen LogP contribution in [0.5, 0.6) is 0 Å². The minimum Gasteiger partial charge on any atom is -0.409 e. The van der Waals surface area contributed by atoms with Crippen LogP contribution >= 0.6 is 46.4 Å². The van der Waals surface area contributed by atoms with Crippen molar-refractivity contribution in [1.29, 1.82) is 5.41 Å². The van der Waals surface area contributed by atoms with Crippen LogP contribution in [0.2, 0.25) is 20.1 Å². The van der Waals surface area contributed by atoms with Crippen molar-refractivity contribution in [3.05, 3.63) is 175 Å².